The molecular formula is C21H22F7N3O. The normalized spacial score (nSPS) is 13.3. The Morgan fingerprint density at radius 1 is 0.938 bits per heavy atom. The summed E-state index contributed by atoms with van der Waals surface area (Å²) < 4.78 is 91.4. The van der Waals surface area contributed by atoms with E-state index in [1.165, 1.54) is 12.1 Å². The number of nitrogens with zero attached hydrogens (tertiary/aromatic N) is 1. The van der Waals surface area contributed by atoms with E-state index in [0.29, 0.717) is 30.8 Å². The number of benzene rings is 2. The van der Waals surface area contributed by atoms with Gasteiger partial charge < -0.3 is 15.5 Å². The van der Waals surface area contributed by atoms with Crippen molar-refractivity contribution in [2.24, 2.45) is 0 Å². The lowest BCUT2D eigenvalue weighted by atomic mass is 10.0. The Morgan fingerprint density at radius 2 is 1.47 bits per heavy atom. The summed E-state index contributed by atoms with van der Waals surface area (Å²) in [6.07, 6.45) is -9.96. The van der Waals surface area contributed by atoms with E-state index in [2.05, 4.69) is 10.6 Å². The summed E-state index contributed by atoms with van der Waals surface area (Å²) >= 11 is 0. The highest BCUT2D eigenvalue weighted by Gasteiger charge is 2.37. The van der Waals surface area contributed by atoms with Gasteiger partial charge in [-0.2, -0.15) is 26.3 Å². The van der Waals surface area contributed by atoms with Gasteiger partial charge in [0.25, 0.3) is 0 Å². The van der Waals surface area contributed by atoms with Crippen molar-refractivity contribution in [1.82, 2.24) is 15.5 Å². The van der Waals surface area contributed by atoms with Crippen LogP contribution in [0.3, 0.4) is 0 Å². The molecule has 0 aromatic heterocycles. The van der Waals surface area contributed by atoms with Crippen LogP contribution in [0.25, 0.3) is 0 Å². The summed E-state index contributed by atoms with van der Waals surface area (Å²) in [4.78, 5) is 14.6. The number of nitrogens with one attached hydrogen (secondary N) is 2. The molecule has 2 N–H and O–H groups in total. The Morgan fingerprint density at radius 3 is 1.94 bits per heavy atom. The number of rotatable bonds is 8. The summed E-state index contributed by atoms with van der Waals surface area (Å²) in [7, 11) is 3.61. The highest BCUT2D eigenvalue weighted by Crippen LogP contribution is 2.36. The van der Waals surface area contributed by atoms with Crippen molar-refractivity contribution < 1.29 is 35.5 Å². The molecule has 4 nitrogen and oxygen atoms in total. The molecule has 0 radical (unpaired) electrons. The maximum atomic E-state index is 13.2. The lowest BCUT2D eigenvalue weighted by Gasteiger charge is -2.21. The van der Waals surface area contributed by atoms with Crippen LogP contribution in [0.5, 0.6) is 0 Å². The second-order valence-corrected chi connectivity index (χ2v) is 7.37. The van der Waals surface area contributed by atoms with Crippen LogP contribution in [0.2, 0.25) is 0 Å². The molecule has 2 rings (SSSR count). The predicted octanol–water partition coefficient (Wildman–Crippen LogP) is 4.37. The fourth-order valence-corrected chi connectivity index (χ4v) is 2.86. The highest BCUT2D eigenvalue weighted by molar-refractivity contribution is 5.83. The first kappa shape index (κ1) is 25.6. The Balaban J connectivity index is 2.23. The molecule has 0 bridgehead atoms. The zero-order valence-corrected chi connectivity index (χ0v) is 17.2. The summed E-state index contributed by atoms with van der Waals surface area (Å²) in [5.74, 6) is -1.20. The zero-order valence-electron chi connectivity index (χ0n) is 17.2. The van der Waals surface area contributed by atoms with Crippen molar-refractivity contribution in [2.45, 2.75) is 24.9 Å². The van der Waals surface area contributed by atoms with Gasteiger partial charge in [0.1, 0.15) is 11.9 Å². The van der Waals surface area contributed by atoms with Crippen LogP contribution in [0.1, 0.15) is 28.3 Å². The molecule has 0 unspecified atom stereocenters. The molecule has 176 valence electrons. The molecule has 0 fully saturated rings. The monoisotopic (exact) mass is 465 g/mol. The van der Waals surface area contributed by atoms with Crippen LogP contribution >= 0.6 is 0 Å². The lowest BCUT2D eigenvalue weighted by Crippen LogP contribution is -2.39. The van der Waals surface area contributed by atoms with E-state index in [1.54, 1.807) is 14.1 Å². The van der Waals surface area contributed by atoms with Crippen molar-refractivity contribution in [2.75, 3.05) is 27.2 Å². The molecule has 0 aliphatic carbocycles. The van der Waals surface area contributed by atoms with Gasteiger partial charge in [-0.05, 0) is 55.6 Å². The molecule has 1 amide bonds. The van der Waals surface area contributed by atoms with E-state index in [0.717, 1.165) is 12.1 Å². The van der Waals surface area contributed by atoms with Gasteiger partial charge >= 0.3 is 12.4 Å². The van der Waals surface area contributed by atoms with Crippen LogP contribution in [0, 0.1) is 5.82 Å². The summed E-state index contributed by atoms with van der Waals surface area (Å²) in [6, 6.07) is 5.18. The number of carbonyl (C=O) groups is 1. The molecule has 0 spiro atoms. The van der Waals surface area contributed by atoms with Gasteiger partial charge in [-0.15, -0.1) is 0 Å². The Kier molecular flexibility index (Phi) is 8.24. The predicted molar refractivity (Wildman–Crippen MR) is 104 cm³/mol. The third-order valence-electron chi connectivity index (χ3n) is 4.49. The number of carbonyl (C=O) groups excluding carboxylic acids is 1. The van der Waals surface area contributed by atoms with E-state index in [1.807, 2.05) is 4.90 Å². The van der Waals surface area contributed by atoms with E-state index in [4.69, 9.17) is 0 Å². The van der Waals surface area contributed by atoms with Crippen molar-refractivity contribution in [3.05, 3.63) is 70.5 Å². The van der Waals surface area contributed by atoms with Crippen molar-refractivity contribution in [3.63, 3.8) is 0 Å². The van der Waals surface area contributed by atoms with Crippen LogP contribution in [-0.2, 0) is 23.7 Å². The van der Waals surface area contributed by atoms with E-state index in [9.17, 15) is 35.5 Å². The highest BCUT2D eigenvalue weighted by atomic mass is 19.4. The molecule has 11 heteroatoms. The molecule has 1 atom stereocenters. The van der Waals surface area contributed by atoms with Gasteiger partial charge in [0.2, 0.25) is 5.91 Å². The Hall–Kier alpha value is -2.66. The van der Waals surface area contributed by atoms with Crippen LogP contribution in [0.15, 0.2) is 42.5 Å². The van der Waals surface area contributed by atoms with Crippen molar-refractivity contribution in [3.8, 4) is 0 Å². The van der Waals surface area contributed by atoms with Crippen molar-refractivity contribution >= 4 is 5.91 Å². The number of alkyl halides is 6. The molecule has 0 aliphatic rings. The van der Waals surface area contributed by atoms with E-state index in [-0.39, 0.29) is 11.6 Å². The smallest absolute Gasteiger partial charge is 0.350 e. The van der Waals surface area contributed by atoms with E-state index < -0.39 is 47.8 Å². The Labute approximate surface area is 180 Å². The molecule has 0 saturated heterocycles. The number of likely N-dealkylation sites (N-methyl/N-ethyl adjacent to an activating group) is 1. The Bertz CT molecular complexity index is 877. The maximum Gasteiger partial charge on any atom is 0.416 e. The first-order valence-corrected chi connectivity index (χ1v) is 9.47. The summed E-state index contributed by atoms with van der Waals surface area (Å²) in [5.41, 5.74) is -2.89. The average Bonchev–Trinajstić information content (AvgIpc) is 2.68. The maximum absolute atomic E-state index is 13.2. The second kappa shape index (κ2) is 10.3. The first-order chi connectivity index (χ1) is 14.8. The molecular weight excluding hydrogens is 443 g/mol. The molecule has 0 heterocycles. The molecule has 0 saturated carbocycles. The van der Waals surface area contributed by atoms with Gasteiger partial charge in [0, 0.05) is 19.6 Å². The van der Waals surface area contributed by atoms with Crippen LogP contribution < -0.4 is 10.6 Å². The first-order valence-electron chi connectivity index (χ1n) is 9.47. The minimum atomic E-state index is -4.98. The van der Waals surface area contributed by atoms with Crippen LogP contribution in [0.4, 0.5) is 30.7 Å². The third kappa shape index (κ3) is 7.49. The summed E-state index contributed by atoms with van der Waals surface area (Å²) in [6.45, 7) is 0.344. The quantitative estimate of drug-likeness (QED) is 0.570. The van der Waals surface area contributed by atoms with Gasteiger partial charge in [-0.25, -0.2) is 4.39 Å². The SMILES string of the molecule is CN(C)CCN[C@@H](C(=O)NCc1cc(C(F)(F)F)cc(C(F)(F)F)c1)c1ccc(F)cc1. The minimum absolute atomic E-state index is 0.0233. The standard InChI is InChI=1S/C21H22F7N3O/c1-31(2)8-7-29-18(14-3-5-17(22)6-4-14)19(32)30-12-13-9-15(20(23,24)25)11-16(10-13)21(26,27)28/h3-6,9-11,18,29H,7-8,12H2,1-2H3,(H,30,32)/t18-/m1/s1. The van der Waals surface area contributed by atoms with E-state index >= 15 is 0 Å². The van der Waals surface area contributed by atoms with Gasteiger partial charge in [-0.3, -0.25) is 4.79 Å². The molecule has 32 heavy (non-hydrogen) atoms. The fourth-order valence-electron chi connectivity index (χ4n) is 2.86. The third-order valence-corrected chi connectivity index (χ3v) is 4.49. The van der Waals surface area contributed by atoms with Crippen LogP contribution in [-0.4, -0.2) is 38.0 Å². The largest absolute Gasteiger partial charge is 0.416 e. The van der Waals surface area contributed by atoms with Gasteiger partial charge in [0.15, 0.2) is 0 Å². The average molecular weight is 465 g/mol. The number of halogens is 7. The molecule has 0 aliphatic heterocycles. The zero-order chi connectivity index (χ0) is 24.1. The fraction of sp³-hybridized carbons (Fsp3) is 0.381. The van der Waals surface area contributed by atoms with Gasteiger partial charge in [0.05, 0.1) is 11.1 Å². The number of hydrogen-bond acceptors (Lipinski definition) is 3. The lowest BCUT2D eigenvalue weighted by molar-refractivity contribution is -0.143. The topological polar surface area (TPSA) is 44.4 Å². The minimum Gasteiger partial charge on any atom is -0.350 e. The second-order valence-electron chi connectivity index (χ2n) is 7.37. The van der Waals surface area contributed by atoms with Crippen molar-refractivity contribution in [1.29, 1.82) is 0 Å². The summed E-state index contributed by atoms with van der Waals surface area (Å²) in [5, 5.41) is 5.32. The number of amides is 1. The number of hydrogen-bond donors (Lipinski definition) is 2. The molecule has 2 aromatic rings. The molecule has 2 aromatic carbocycles. The van der Waals surface area contributed by atoms with Gasteiger partial charge in [-0.1, -0.05) is 12.1 Å².